The molecule has 94 valence electrons. The quantitative estimate of drug-likeness (QED) is 0.817. The lowest BCUT2D eigenvalue weighted by Gasteiger charge is -2.04. The van der Waals surface area contributed by atoms with Gasteiger partial charge in [-0.15, -0.1) is 0 Å². The number of aromatic amines is 1. The van der Waals surface area contributed by atoms with Gasteiger partial charge in [-0.05, 0) is 6.07 Å². The maximum absolute atomic E-state index is 11.8. The Balaban J connectivity index is 1.83. The Morgan fingerprint density at radius 2 is 2.33 bits per heavy atom. The Morgan fingerprint density at radius 3 is 2.94 bits per heavy atom. The van der Waals surface area contributed by atoms with Gasteiger partial charge < -0.3 is 15.0 Å². The molecular weight excluding hydrogens is 232 g/mol. The molecule has 0 saturated carbocycles. The molecular formula is C12H14N4O2. The molecule has 0 aliphatic rings. The molecule has 2 aromatic rings. The molecule has 2 N–H and O–H groups in total. The third-order valence-corrected chi connectivity index (χ3v) is 2.41. The van der Waals surface area contributed by atoms with E-state index >= 15 is 0 Å². The zero-order valence-electron chi connectivity index (χ0n) is 10.0. The number of amides is 1. The van der Waals surface area contributed by atoms with Crippen molar-refractivity contribution in [2.75, 3.05) is 13.7 Å². The average molecular weight is 246 g/mol. The molecule has 2 rings (SSSR count). The number of carbonyl (C=O) groups excluding carboxylic acids is 1. The molecule has 0 aromatic carbocycles. The summed E-state index contributed by atoms with van der Waals surface area (Å²) < 4.78 is 4.92. The Bertz CT molecular complexity index is 493. The maximum atomic E-state index is 11.8. The van der Waals surface area contributed by atoms with E-state index in [0.29, 0.717) is 24.4 Å². The Labute approximate surface area is 104 Å². The summed E-state index contributed by atoms with van der Waals surface area (Å²) in [7, 11) is 1.53. The minimum absolute atomic E-state index is 0.156. The van der Waals surface area contributed by atoms with Crippen LogP contribution >= 0.6 is 0 Å². The summed E-state index contributed by atoms with van der Waals surface area (Å²) >= 11 is 0. The molecule has 0 bridgehead atoms. The summed E-state index contributed by atoms with van der Waals surface area (Å²) in [5.74, 6) is 1.18. The van der Waals surface area contributed by atoms with Crippen molar-refractivity contribution in [1.82, 2.24) is 20.3 Å². The summed E-state index contributed by atoms with van der Waals surface area (Å²) in [6.07, 6.45) is 5.60. The third-order valence-electron chi connectivity index (χ3n) is 2.41. The monoisotopic (exact) mass is 246 g/mol. The zero-order chi connectivity index (χ0) is 12.8. The van der Waals surface area contributed by atoms with Crippen LogP contribution in [0.25, 0.3) is 0 Å². The first kappa shape index (κ1) is 12.1. The first-order valence-electron chi connectivity index (χ1n) is 5.56. The van der Waals surface area contributed by atoms with Crippen LogP contribution in [0.5, 0.6) is 5.88 Å². The van der Waals surface area contributed by atoms with Crippen molar-refractivity contribution in [2.24, 2.45) is 0 Å². The molecule has 0 atom stereocenters. The van der Waals surface area contributed by atoms with Crippen molar-refractivity contribution >= 4 is 5.91 Å². The fourth-order valence-corrected chi connectivity index (χ4v) is 1.47. The molecule has 1 amide bonds. The molecule has 0 spiro atoms. The number of carbonyl (C=O) groups is 1. The number of hydrogen-bond donors (Lipinski definition) is 2. The Morgan fingerprint density at radius 1 is 1.44 bits per heavy atom. The molecule has 0 saturated heterocycles. The summed E-state index contributed by atoms with van der Waals surface area (Å²) in [5.41, 5.74) is 0.509. The van der Waals surface area contributed by atoms with Gasteiger partial charge in [0.2, 0.25) is 5.88 Å². The van der Waals surface area contributed by atoms with Gasteiger partial charge in [-0.1, -0.05) is 0 Å². The zero-order valence-corrected chi connectivity index (χ0v) is 10.0. The maximum Gasteiger partial charge on any atom is 0.252 e. The largest absolute Gasteiger partial charge is 0.481 e. The van der Waals surface area contributed by atoms with E-state index < -0.39 is 0 Å². The summed E-state index contributed by atoms with van der Waals surface area (Å²) in [5, 5.41) is 2.79. The van der Waals surface area contributed by atoms with Crippen molar-refractivity contribution in [3.8, 4) is 5.88 Å². The standard InChI is InChI=1S/C12H14N4O2/c1-18-11-3-2-9(8-16-11)12(17)15-5-4-10-13-6-7-14-10/h2-3,6-8H,4-5H2,1H3,(H,13,14)(H,15,17). The predicted molar refractivity (Wildman–Crippen MR) is 65.4 cm³/mol. The lowest BCUT2D eigenvalue weighted by atomic mass is 10.2. The van der Waals surface area contributed by atoms with E-state index in [4.69, 9.17) is 4.74 Å². The molecule has 0 unspecified atom stereocenters. The van der Waals surface area contributed by atoms with E-state index in [9.17, 15) is 4.79 Å². The van der Waals surface area contributed by atoms with Gasteiger partial charge in [0.1, 0.15) is 5.82 Å². The summed E-state index contributed by atoms with van der Waals surface area (Å²) in [4.78, 5) is 22.8. The Hall–Kier alpha value is -2.37. The topological polar surface area (TPSA) is 79.9 Å². The number of H-pyrrole nitrogens is 1. The molecule has 2 heterocycles. The first-order valence-corrected chi connectivity index (χ1v) is 5.56. The lowest BCUT2D eigenvalue weighted by Crippen LogP contribution is -2.26. The van der Waals surface area contributed by atoms with Gasteiger partial charge in [0.25, 0.3) is 5.91 Å². The normalized spacial score (nSPS) is 10.1. The highest BCUT2D eigenvalue weighted by molar-refractivity contribution is 5.93. The van der Waals surface area contributed by atoms with Crippen molar-refractivity contribution in [3.05, 3.63) is 42.1 Å². The smallest absolute Gasteiger partial charge is 0.252 e. The molecule has 2 aromatic heterocycles. The van der Waals surface area contributed by atoms with Crippen LogP contribution in [0.3, 0.4) is 0 Å². The van der Waals surface area contributed by atoms with Crippen molar-refractivity contribution < 1.29 is 9.53 Å². The van der Waals surface area contributed by atoms with E-state index in [1.807, 2.05) is 0 Å². The molecule has 0 aliphatic carbocycles. The fourth-order valence-electron chi connectivity index (χ4n) is 1.47. The second-order valence-electron chi connectivity index (χ2n) is 3.63. The summed E-state index contributed by atoms with van der Waals surface area (Å²) in [6, 6.07) is 3.33. The average Bonchev–Trinajstić information content (AvgIpc) is 2.92. The van der Waals surface area contributed by atoms with Crippen LogP contribution in [-0.2, 0) is 6.42 Å². The van der Waals surface area contributed by atoms with E-state index in [1.165, 1.54) is 13.3 Å². The van der Waals surface area contributed by atoms with E-state index in [-0.39, 0.29) is 5.91 Å². The van der Waals surface area contributed by atoms with E-state index in [0.717, 1.165) is 5.82 Å². The highest BCUT2D eigenvalue weighted by Crippen LogP contribution is 2.06. The highest BCUT2D eigenvalue weighted by Gasteiger charge is 2.05. The number of nitrogens with zero attached hydrogens (tertiary/aromatic N) is 2. The highest BCUT2D eigenvalue weighted by atomic mass is 16.5. The number of rotatable bonds is 5. The second-order valence-corrected chi connectivity index (χ2v) is 3.63. The number of methoxy groups -OCH3 is 1. The van der Waals surface area contributed by atoms with Crippen molar-refractivity contribution in [3.63, 3.8) is 0 Å². The predicted octanol–water partition coefficient (Wildman–Crippen LogP) is 0.786. The SMILES string of the molecule is COc1ccc(C(=O)NCCc2ncc[nH]2)cn1. The number of imidazole rings is 1. The van der Waals surface area contributed by atoms with E-state index in [1.54, 1.807) is 24.5 Å². The summed E-state index contributed by atoms with van der Waals surface area (Å²) in [6.45, 7) is 0.526. The third kappa shape index (κ3) is 3.07. The number of hydrogen-bond acceptors (Lipinski definition) is 4. The van der Waals surface area contributed by atoms with Gasteiger partial charge in [-0.25, -0.2) is 9.97 Å². The molecule has 18 heavy (non-hydrogen) atoms. The van der Waals surface area contributed by atoms with Gasteiger partial charge in [-0.3, -0.25) is 4.79 Å². The lowest BCUT2D eigenvalue weighted by molar-refractivity contribution is 0.0953. The van der Waals surface area contributed by atoms with Gasteiger partial charge in [0, 0.05) is 37.6 Å². The first-order chi connectivity index (χ1) is 8.79. The van der Waals surface area contributed by atoms with Crippen molar-refractivity contribution in [1.29, 1.82) is 0 Å². The fraction of sp³-hybridized carbons (Fsp3) is 0.250. The van der Waals surface area contributed by atoms with Crippen LogP contribution in [0.15, 0.2) is 30.7 Å². The molecule has 6 nitrogen and oxygen atoms in total. The van der Waals surface area contributed by atoms with Crippen LogP contribution in [-0.4, -0.2) is 34.5 Å². The Kier molecular flexibility index (Phi) is 3.90. The van der Waals surface area contributed by atoms with Crippen LogP contribution in [0.4, 0.5) is 0 Å². The van der Waals surface area contributed by atoms with Gasteiger partial charge in [0.15, 0.2) is 0 Å². The molecule has 0 fully saturated rings. The van der Waals surface area contributed by atoms with Crippen LogP contribution in [0.2, 0.25) is 0 Å². The minimum Gasteiger partial charge on any atom is -0.481 e. The second kappa shape index (κ2) is 5.81. The van der Waals surface area contributed by atoms with Crippen molar-refractivity contribution in [2.45, 2.75) is 6.42 Å². The minimum atomic E-state index is -0.156. The molecule has 6 heteroatoms. The molecule has 0 aliphatic heterocycles. The van der Waals surface area contributed by atoms with Gasteiger partial charge >= 0.3 is 0 Å². The number of pyridine rings is 1. The van der Waals surface area contributed by atoms with Gasteiger partial charge in [0.05, 0.1) is 12.7 Å². The van der Waals surface area contributed by atoms with Gasteiger partial charge in [-0.2, -0.15) is 0 Å². The number of nitrogens with one attached hydrogen (secondary N) is 2. The number of aromatic nitrogens is 3. The van der Waals surface area contributed by atoms with Crippen LogP contribution in [0, 0.1) is 0 Å². The van der Waals surface area contributed by atoms with Crippen LogP contribution < -0.4 is 10.1 Å². The van der Waals surface area contributed by atoms with Crippen LogP contribution in [0.1, 0.15) is 16.2 Å². The number of ether oxygens (including phenoxy) is 1. The molecule has 0 radical (unpaired) electrons. The van der Waals surface area contributed by atoms with E-state index in [2.05, 4.69) is 20.3 Å².